The summed E-state index contributed by atoms with van der Waals surface area (Å²) in [4.78, 5) is -0.970. The number of sulfonamides is 1. The van der Waals surface area contributed by atoms with Crippen molar-refractivity contribution in [3.63, 3.8) is 0 Å². The molecule has 0 aliphatic heterocycles. The minimum atomic E-state index is -4.32. The fourth-order valence-corrected chi connectivity index (χ4v) is 2.88. The van der Waals surface area contributed by atoms with Crippen LogP contribution in [0.1, 0.15) is 0 Å². The molecule has 0 atom stereocenters. The number of halogens is 4. The highest BCUT2D eigenvalue weighted by Crippen LogP contribution is 2.19. The molecule has 0 spiro atoms. The van der Waals surface area contributed by atoms with E-state index in [0.29, 0.717) is 22.9 Å². The van der Waals surface area contributed by atoms with E-state index in [-0.39, 0.29) is 13.2 Å². The van der Waals surface area contributed by atoms with Gasteiger partial charge in [0.05, 0.1) is 0 Å². The molecule has 0 saturated heterocycles. The van der Waals surface area contributed by atoms with Gasteiger partial charge >= 0.3 is 0 Å². The largest absolute Gasteiger partial charge is 0.492 e. The molecule has 9 heteroatoms. The van der Waals surface area contributed by atoms with Crippen molar-refractivity contribution in [2.24, 2.45) is 0 Å². The van der Waals surface area contributed by atoms with Crippen molar-refractivity contribution in [1.82, 2.24) is 4.72 Å². The van der Waals surface area contributed by atoms with Crippen molar-refractivity contribution >= 4 is 21.6 Å². The van der Waals surface area contributed by atoms with Gasteiger partial charge in [-0.2, -0.15) is 0 Å². The Labute approximate surface area is 135 Å². The highest BCUT2D eigenvalue weighted by molar-refractivity contribution is 7.89. The summed E-state index contributed by atoms with van der Waals surface area (Å²) in [5.74, 6) is -4.61. The van der Waals surface area contributed by atoms with Gasteiger partial charge in [-0.25, -0.2) is 26.3 Å². The number of benzene rings is 2. The lowest BCUT2D eigenvalue weighted by molar-refractivity contribution is 0.322. The Morgan fingerprint density at radius 2 is 1.65 bits per heavy atom. The maximum Gasteiger partial charge on any atom is 0.243 e. The Morgan fingerprint density at radius 1 is 1.00 bits per heavy atom. The minimum Gasteiger partial charge on any atom is -0.492 e. The van der Waals surface area contributed by atoms with Crippen LogP contribution in [0, 0.1) is 17.5 Å². The molecule has 0 aromatic heterocycles. The summed E-state index contributed by atoms with van der Waals surface area (Å²) >= 11 is 5.70. The number of hydrogen-bond acceptors (Lipinski definition) is 3. The average Bonchev–Trinajstić information content (AvgIpc) is 2.51. The summed E-state index contributed by atoms with van der Waals surface area (Å²) in [6.45, 7) is -0.241. The molecule has 0 bridgehead atoms. The Bertz CT molecular complexity index is 798. The highest BCUT2D eigenvalue weighted by atomic mass is 35.5. The van der Waals surface area contributed by atoms with Gasteiger partial charge in [0.25, 0.3) is 0 Å². The van der Waals surface area contributed by atoms with Crippen LogP contribution in [0.4, 0.5) is 13.2 Å². The Balaban J connectivity index is 1.97. The van der Waals surface area contributed by atoms with Crippen molar-refractivity contribution in [3.8, 4) is 5.75 Å². The zero-order chi connectivity index (χ0) is 17.0. The normalized spacial score (nSPS) is 11.5. The van der Waals surface area contributed by atoms with E-state index in [1.54, 1.807) is 24.3 Å². The maximum atomic E-state index is 13.5. The summed E-state index contributed by atoms with van der Waals surface area (Å²) in [6.07, 6.45) is 0. The van der Waals surface area contributed by atoms with E-state index in [2.05, 4.69) is 0 Å². The molecule has 0 fully saturated rings. The van der Waals surface area contributed by atoms with Gasteiger partial charge in [0, 0.05) is 11.6 Å². The predicted octanol–water partition coefficient (Wildman–Crippen LogP) is 3.11. The second-order valence-corrected chi connectivity index (χ2v) is 6.55. The third-order valence-electron chi connectivity index (χ3n) is 2.77. The fraction of sp³-hybridized carbons (Fsp3) is 0.143. The Morgan fingerprint density at radius 3 is 2.30 bits per heavy atom. The highest BCUT2D eigenvalue weighted by Gasteiger charge is 2.23. The quantitative estimate of drug-likeness (QED) is 0.632. The molecule has 1 N–H and O–H groups in total. The summed E-state index contributed by atoms with van der Waals surface area (Å²) in [6, 6.07) is 7.56. The first-order valence-electron chi connectivity index (χ1n) is 6.33. The molecule has 0 aliphatic carbocycles. The van der Waals surface area contributed by atoms with Crippen LogP contribution in [0.15, 0.2) is 41.3 Å². The molecule has 0 unspecified atom stereocenters. The zero-order valence-corrected chi connectivity index (χ0v) is 13.1. The SMILES string of the molecule is O=S(=O)(NCCOc1ccc(Cl)cc1)c1ccc(F)c(F)c1F. The first-order valence-corrected chi connectivity index (χ1v) is 8.19. The molecular formula is C14H11ClF3NO3S. The van der Waals surface area contributed by atoms with Crippen LogP contribution in [-0.2, 0) is 10.0 Å². The van der Waals surface area contributed by atoms with E-state index < -0.39 is 32.4 Å². The van der Waals surface area contributed by atoms with Crippen molar-refractivity contribution in [2.75, 3.05) is 13.2 Å². The van der Waals surface area contributed by atoms with Crippen LogP contribution < -0.4 is 9.46 Å². The van der Waals surface area contributed by atoms with E-state index >= 15 is 0 Å². The van der Waals surface area contributed by atoms with Crippen LogP contribution in [0.25, 0.3) is 0 Å². The minimum absolute atomic E-state index is 0.0494. The fourth-order valence-electron chi connectivity index (χ4n) is 1.67. The molecule has 2 rings (SSSR count). The van der Waals surface area contributed by atoms with Crippen LogP contribution in [0.3, 0.4) is 0 Å². The molecule has 0 aliphatic rings. The van der Waals surface area contributed by atoms with Gasteiger partial charge in [0.15, 0.2) is 17.5 Å². The van der Waals surface area contributed by atoms with Crippen LogP contribution >= 0.6 is 11.6 Å². The van der Waals surface area contributed by atoms with Gasteiger partial charge < -0.3 is 4.74 Å². The standard InChI is InChI=1S/C14H11ClF3NO3S/c15-9-1-3-10(4-2-9)22-8-7-19-23(20,21)12-6-5-11(16)13(17)14(12)18/h1-6,19H,7-8H2. The lowest BCUT2D eigenvalue weighted by atomic mass is 10.3. The number of nitrogens with one attached hydrogen (secondary N) is 1. The lowest BCUT2D eigenvalue weighted by Crippen LogP contribution is -2.29. The third kappa shape index (κ3) is 4.37. The summed E-state index contributed by atoms with van der Waals surface area (Å²) < 4.78 is 70.4. The summed E-state index contributed by atoms with van der Waals surface area (Å²) in [7, 11) is -4.32. The van der Waals surface area contributed by atoms with Gasteiger partial charge in [0.1, 0.15) is 17.3 Å². The second-order valence-electron chi connectivity index (χ2n) is 4.37. The summed E-state index contributed by atoms with van der Waals surface area (Å²) in [5, 5.41) is 0.520. The van der Waals surface area contributed by atoms with Crippen molar-refractivity contribution < 1.29 is 26.3 Å². The lowest BCUT2D eigenvalue weighted by Gasteiger charge is -2.09. The van der Waals surface area contributed by atoms with Gasteiger partial charge in [-0.15, -0.1) is 0 Å². The van der Waals surface area contributed by atoms with Gasteiger partial charge in [-0.1, -0.05) is 11.6 Å². The first kappa shape index (κ1) is 17.6. The molecule has 2 aromatic rings. The molecule has 0 amide bonds. The van der Waals surface area contributed by atoms with Crippen molar-refractivity contribution in [2.45, 2.75) is 4.90 Å². The van der Waals surface area contributed by atoms with Crippen molar-refractivity contribution in [1.29, 1.82) is 0 Å². The summed E-state index contributed by atoms with van der Waals surface area (Å²) in [5.41, 5.74) is 0. The van der Waals surface area contributed by atoms with Gasteiger partial charge in [-0.05, 0) is 36.4 Å². The molecular weight excluding hydrogens is 355 g/mol. The number of hydrogen-bond donors (Lipinski definition) is 1. The topological polar surface area (TPSA) is 55.4 Å². The zero-order valence-electron chi connectivity index (χ0n) is 11.5. The Hall–Kier alpha value is -1.77. The van der Waals surface area contributed by atoms with Crippen molar-refractivity contribution in [3.05, 3.63) is 58.9 Å². The molecule has 0 radical (unpaired) electrons. The number of rotatable bonds is 6. The van der Waals surface area contributed by atoms with Gasteiger partial charge in [0.2, 0.25) is 10.0 Å². The van der Waals surface area contributed by atoms with E-state index in [0.717, 1.165) is 0 Å². The molecule has 0 saturated carbocycles. The maximum absolute atomic E-state index is 13.5. The average molecular weight is 366 g/mol. The first-order chi connectivity index (χ1) is 10.8. The van der Waals surface area contributed by atoms with Crippen LogP contribution in [0.2, 0.25) is 5.02 Å². The van der Waals surface area contributed by atoms with E-state index in [9.17, 15) is 21.6 Å². The Kier molecular flexibility index (Phi) is 5.51. The molecule has 2 aromatic carbocycles. The predicted molar refractivity (Wildman–Crippen MR) is 78.5 cm³/mol. The molecule has 23 heavy (non-hydrogen) atoms. The van der Waals surface area contributed by atoms with E-state index in [1.165, 1.54) is 0 Å². The second kappa shape index (κ2) is 7.20. The van der Waals surface area contributed by atoms with E-state index in [4.69, 9.17) is 16.3 Å². The molecule has 124 valence electrons. The third-order valence-corrected chi connectivity index (χ3v) is 4.50. The molecule has 0 heterocycles. The van der Waals surface area contributed by atoms with E-state index in [1.807, 2.05) is 4.72 Å². The van der Waals surface area contributed by atoms with Crippen LogP contribution in [0.5, 0.6) is 5.75 Å². The van der Waals surface area contributed by atoms with Gasteiger partial charge in [-0.3, -0.25) is 0 Å². The number of ether oxygens (including phenoxy) is 1. The smallest absolute Gasteiger partial charge is 0.243 e. The monoisotopic (exact) mass is 365 g/mol. The molecule has 4 nitrogen and oxygen atoms in total. The van der Waals surface area contributed by atoms with Crippen LogP contribution in [-0.4, -0.2) is 21.6 Å².